The second-order valence-electron chi connectivity index (χ2n) is 8.65. The average molecular weight is 470 g/mol. The number of carbonyl (C=O) groups is 1. The summed E-state index contributed by atoms with van der Waals surface area (Å²) in [5.74, 6) is 0.0503. The molecule has 0 amide bonds. The zero-order valence-corrected chi connectivity index (χ0v) is 20.2. The van der Waals surface area contributed by atoms with E-state index in [1.165, 1.54) is 44.0 Å². The number of nitrogens with zero attached hydrogens (tertiary/aromatic N) is 4. The summed E-state index contributed by atoms with van der Waals surface area (Å²) < 4.78 is 5.11. The first-order valence-electron chi connectivity index (χ1n) is 12.3. The first kappa shape index (κ1) is 25.4. The lowest BCUT2D eigenvalue weighted by Crippen LogP contribution is -2.37. The van der Waals surface area contributed by atoms with Crippen molar-refractivity contribution in [1.82, 2.24) is 9.97 Å². The van der Waals surface area contributed by atoms with Gasteiger partial charge in [-0.25, -0.2) is 9.97 Å². The number of hydrogen-bond donors (Lipinski definition) is 1. The van der Waals surface area contributed by atoms with Gasteiger partial charge in [-0.15, -0.1) is 0 Å². The van der Waals surface area contributed by atoms with E-state index in [4.69, 9.17) is 4.74 Å². The molecule has 1 fully saturated rings. The summed E-state index contributed by atoms with van der Waals surface area (Å²) in [7, 11) is 0. The summed E-state index contributed by atoms with van der Waals surface area (Å²) in [6.07, 6.45) is 9.72. The number of aromatic nitrogens is 2. The number of rotatable bonds is 12. The Kier molecular flexibility index (Phi) is 9.61. The largest absolute Gasteiger partial charge is 0.466 e. The van der Waals surface area contributed by atoms with Crippen LogP contribution in [0, 0.1) is 16.0 Å². The molecule has 0 radical (unpaired) electrons. The standard InChI is InChI=1S/C25H35N5O4/c1-3-5-6-7-8-9-19-10-12-21(13-11-19)28-23-22(30(32)33)24(27-18-26-23)29-16-14-20(15-17-29)25(31)34-4-2/h10-13,18,20H,3-9,14-17H2,1-2H3,(H,26,27,28). The minimum Gasteiger partial charge on any atom is -0.466 e. The smallest absolute Gasteiger partial charge is 0.353 e. The third kappa shape index (κ3) is 6.88. The molecule has 2 aromatic rings. The van der Waals surface area contributed by atoms with Crippen LogP contribution in [-0.2, 0) is 16.0 Å². The van der Waals surface area contributed by atoms with Crippen LogP contribution in [0.2, 0.25) is 0 Å². The lowest BCUT2D eigenvalue weighted by atomic mass is 9.97. The van der Waals surface area contributed by atoms with Gasteiger partial charge in [-0.2, -0.15) is 0 Å². The Balaban J connectivity index is 1.66. The van der Waals surface area contributed by atoms with E-state index < -0.39 is 4.92 Å². The van der Waals surface area contributed by atoms with Crippen LogP contribution >= 0.6 is 0 Å². The Labute approximate surface area is 201 Å². The van der Waals surface area contributed by atoms with Crippen LogP contribution in [0.25, 0.3) is 0 Å². The average Bonchev–Trinajstić information content (AvgIpc) is 2.85. The van der Waals surface area contributed by atoms with Gasteiger partial charge in [0.1, 0.15) is 6.33 Å². The van der Waals surface area contributed by atoms with Crippen molar-refractivity contribution >= 4 is 29.0 Å². The number of benzene rings is 1. The number of hydrogen-bond acceptors (Lipinski definition) is 8. The number of carbonyl (C=O) groups excluding carboxylic acids is 1. The molecule has 1 saturated heterocycles. The molecule has 9 nitrogen and oxygen atoms in total. The highest BCUT2D eigenvalue weighted by atomic mass is 16.6. The predicted octanol–water partition coefficient (Wildman–Crippen LogP) is 5.42. The summed E-state index contributed by atoms with van der Waals surface area (Å²) in [5.41, 5.74) is 1.84. The van der Waals surface area contributed by atoms with Gasteiger partial charge in [-0.1, -0.05) is 44.7 Å². The van der Waals surface area contributed by atoms with Crippen molar-refractivity contribution < 1.29 is 14.5 Å². The van der Waals surface area contributed by atoms with E-state index in [9.17, 15) is 14.9 Å². The van der Waals surface area contributed by atoms with Gasteiger partial charge in [0.25, 0.3) is 0 Å². The second-order valence-corrected chi connectivity index (χ2v) is 8.65. The summed E-state index contributed by atoms with van der Waals surface area (Å²) in [6, 6.07) is 7.96. The van der Waals surface area contributed by atoms with E-state index in [2.05, 4.69) is 34.3 Å². The minimum atomic E-state index is -0.445. The van der Waals surface area contributed by atoms with E-state index in [0.717, 1.165) is 12.1 Å². The molecule has 9 heteroatoms. The molecule has 0 unspecified atom stereocenters. The number of aryl methyl sites for hydroxylation is 1. The maximum absolute atomic E-state index is 12.0. The zero-order valence-electron chi connectivity index (χ0n) is 20.2. The summed E-state index contributed by atoms with van der Waals surface area (Å²) in [6.45, 7) is 5.34. The minimum absolute atomic E-state index is 0.155. The molecule has 0 atom stereocenters. The number of unbranched alkanes of at least 4 members (excludes halogenated alkanes) is 4. The summed E-state index contributed by atoms with van der Waals surface area (Å²) in [4.78, 5) is 33.8. The van der Waals surface area contributed by atoms with Crippen LogP contribution < -0.4 is 10.2 Å². The third-order valence-corrected chi connectivity index (χ3v) is 6.19. The number of nitrogens with one attached hydrogen (secondary N) is 1. The van der Waals surface area contributed by atoms with E-state index in [1.807, 2.05) is 17.0 Å². The van der Waals surface area contributed by atoms with Gasteiger partial charge in [0.05, 0.1) is 17.4 Å². The van der Waals surface area contributed by atoms with Crippen LogP contribution in [0.5, 0.6) is 0 Å². The monoisotopic (exact) mass is 469 g/mol. The molecule has 0 bridgehead atoms. The lowest BCUT2D eigenvalue weighted by molar-refractivity contribution is -0.383. The highest BCUT2D eigenvalue weighted by Crippen LogP contribution is 2.35. The molecule has 3 rings (SSSR count). The molecule has 1 aliphatic heterocycles. The van der Waals surface area contributed by atoms with Crippen molar-refractivity contribution in [2.45, 2.75) is 65.2 Å². The fourth-order valence-corrected chi connectivity index (χ4v) is 4.27. The third-order valence-electron chi connectivity index (χ3n) is 6.19. The van der Waals surface area contributed by atoms with Crippen LogP contribution in [0.1, 0.15) is 64.4 Å². The molecule has 34 heavy (non-hydrogen) atoms. The quantitative estimate of drug-likeness (QED) is 0.190. The maximum atomic E-state index is 12.0. The van der Waals surface area contributed by atoms with Crippen molar-refractivity contribution in [3.63, 3.8) is 0 Å². The van der Waals surface area contributed by atoms with Gasteiger partial charge in [0, 0.05) is 18.8 Å². The summed E-state index contributed by atoms with van der Waals surface area (Å²) in [5, 5.41) is 15.1. The first-order valence-corrected chi connectivity index (χ1v) is 12.3. The number of ether oxygens (including phenoxy) is 1. The number of esters is 1. The molecule has 0 aliphatic carbocycles. The predicted molar refractivity (Wildman–Crippen MR) is 132 cm³/mol. The molecule has 0 saturated carbocycles. The fourth-order valence-electron chi connectivity index (χ4n) is 4.27. The summed E-state index contributed by atoms with van der Waals surface area (Å²) >= 11 is 0. The fraction of sp³-hybridized carbons (Fsp3) is 0.560. The Morgan fingerprint density at radius 2 is 1.82 bits per heavy atom. The van der Waals surface area contributed by atoms with E-state index in [0.29, 0.717) is 32.5 Å². The van der Waals surface area contributed by atoms with Gasteiger partial charge >= 0.3 is 11.7 Å². The normalized spacial score (nSPS) is 14.1. The Bertz CT molecular complexity index is 943. The van der Waals surface area contributed by atoms with Crippen molar-refractivity contribution in [2.24, 2.45) is 5.92 Å². The highest BCUT2D eigenvalue weighted by Gasteiger charge is 2.32. The lowest BCUT2D eigenvalue weighted by Gasteiger charge is -2.31. The zero-order chi connectivity index (χ0) is 24.3. The van der Waals surface area contributed by atoms with Crippen LogP contribution in [0.4, 0.5) is 23.0 Å². The van der Waals surface area contributed by atoms with Gasteiger partial charge in [-0.3, -0.25) is 14.9 Å². The van der Waals surface area contributed by atoms with Crippen LogP contribution in [-0.4, -0.2) is 40.6 Å². The molecule has 1 N–H and O–H groups in total. The molecular weight excluding hydrogens is 434 g/mol. The molecular formula is C25H35N5O4. The van der Waals surface area contributed by atoms with Crippen LogP contribution in [0.3, 0.4) is 0 Å². The van der Waals surface area contributed by atoms with Gasteiger partial charge in [0.2, 0.25) is 11.6 Å². The number of piperidine rings is 1. The molecule has 1 aromatic heterocycles. The van der Waals surface area contributed by atoms with Gasteiger partial charge in [0.15, 0.2) is 0 Å². The van der Waals surface area contributed by atoms with Crippen molar-refractivity contribution in [2.75, 3.05) is 29.9 Å². The highest BCUT2D eigenvalue weighted by molar-refractivity contribution is 5.76. The number of nitro groups is 1. The SMILES string of the molecule is CCCCCCCc1ccc(Nc2ncnc(N3CCC(C(=O)OCC)CC3)c2[N+](=O)[O-])cc1. The topological polar surface area (TPSA) is 110 Å². The molecule has 1 aliphatic rings. The molecule has 0 spiro atoms. The van der Waals surface area contributed by atoms with E-state index in [1.54, 1.807) is 6.92 Å². The maximum Gasteiger partial charge on any atom is 0.353 e. The van der Waals surface area contributed by atoms with Gasteiger partial charge in [-0.05, 0) is 50.3 Å². The molecule has 1 aromatic carbocycles. The first-order chi connectivity index (χ1) is 16.5. The van der Waals surface area contributed by atoms with Crippen molar-refractivity contribution in [3.05, 3.63) is 46.3 Å². The molecule has 184 valence electrons. The Hall–Kier alpha value is -3.23. The molecule has 2 heterocycles. The Morgan fingerprint density at radius 1 is 1.12 bits per heavy atom. The second kappa shape index (κ2) is 12.9. The van der Waals surface area contributed by atoms with E-state index in [-0.39, 0.29) is 29.2 Å². The van der Waals surface area contributed by atoms with E-state index >= 15 is 0 Å². The van der Waals surface area contributed by atoms with Crippen molar-refractivity contribution in [1.29, 1.82) is 0 Å². The van der Waals surface area contributed by atoms with Crippen LogP contribution in [0.15, 0.2) is 30.6 Å². The number of anilines is 3. The van der Waals surface area contributed by atoms with Gasteiger partial charge < -0.3 is 15.0 Å². The Morgan fingerprint density at radius 3 is 2.47 bits per heavy atom. The van der Waals surface area contributed by atoms with Crippen molar-refractivity contribution in [3.8, 4) is 0 Å².